The van der Waals surface area contributed by atoms with Crippen molar-refractivity contribution < 1.29 is 4.74 Å². The first-order chi connectivity index (χ1) is 9.28. The second-order valence-corrected chi connectivity index (χ2v) is 4.63. The van der Waals surface area contributed by atoms with Gasteiger partial charge in [-0.05, 0) is 24.2 Å². The van der Waals surface area contributed by atoms with E-state index in [4.69, 9.17) is 16.3 Å². The van der Waals surface area contributed by atoms with Gasteiger partial charge in [0.05, 0.1) is 17.8 Å². The van der Waals surface area contributed by atoms with Crippen molar-refractivity contribution in [2.24, 2.45) is 0 Å². The largest absolute Gasteiger partial charge is 0.492 e. The van der Waals surface area contributed by atoms with E-state index in [0.717, 1.165) is 18.8 Å². The average molecular weight is 280 g/mol. The number of hydrogen-bond acceptors (Lipinski definition) is 3. The maximum Gasteiger partial charge on any atom is 0.119 e. The van der Waals surface area contributed by atoms with Crippen molar-refractivity contribution in [2.45, 2.75) is 20.0 Å². The summed E-state index contributed by atoms with van der Waals surface area (Å²) in [6.07, 6.45) is 3.41. The molecule has 0 aliphatic carbocycles. The quantitative estimate of drug-likeness (QED) is 0.847. The van der Waals surface area contributed by atoms with E-state index in [1.165, 1.54) is 5.56 Å². The molecule has 0 bridgehead atoms. The Morgan fingerprint density at radius 3 is 3.05 bits per heavy atom. The van der Waals surface area contributed by atoms with Crippen molar-refractivity contribution in [1.82, 2.24) is 15.1 Å². The summed E-state index contributed by atoms with van der Waals surface area (Å²) in [4.78, 5) is 0. The summed E-state index contributed by atoms with van der Waals surface area (Å²) < 4.78 is 7.48. The molecular formula is C14H18ClN3O. The van der Waals surface area contributed by atoms with Crippen LogP contribution in [0.2, 0.25) is 5.02 Å². The molecule has 1 N–H and O–H groups in total. The van der Waals surface area contributed by atoms with E-state index in [9.17, 15) is 0 Å². The summed E-state index contributed by atoms with van der Waals surface area (Å²) in [7, 11) is 0. The van der Waals surface area contributed by atoms with Crippen LogP contribution < -0.4 is 10.1 Å². The highest BCUT2D eigenvalue weighted by Gasteiger charge is 1.98. The number of halogens is 1. The van der Waals surface area contributed by atoms with Gasteiger partial charge in [0.1, 0.15) is 12.4 Å². The third kappa shape index (κ3) is 4.58. The second kappa shape index (κ2) is 7.16. The van der Waals surface area contributed by atoms with Crippen molar-refractivity contribution in [3.8, 4) is 5.75 Å². The molecule has 0 radical (unpaired) electrons. The topological polar surface area (TPSA) is 39.1 Å². The molecule has 1 aromatic carbocycles. The van der Waals surface area contributed by atoms with Gasteiger partial charge in [0, 0.05) is 12.7 Å². The van der Waals surface area contributed by atoms with Crippen LogP contribution in [-0.2, 0) is 13.1 Å². The molecule has 1 aromatic heterocycles. The smallest absolute Gasteiger partial charge is 0.119 e. The lowest BCUT2D eigenvalue weighted by atomic mass is 10.2. The van der Waals surface area contributed by atoms with Crippen LogP contribution in [0.3, 0.4) is 0 Å². The Balaban J connectivity index is 1.82. The first kappa shape index (κ1) is 13.9. The van der Waals surface area contributed by atoms with E-state index in [-0.39, 0.29) is 0 Å². The fourth-order valence-corrected chi connectivity index (χ4v) is 1.89. The minimum Gasteiger partial charge on any atom is -0.492 e. The van der Waals surface area contributed by atoms with Crippen molar-refractivity contribution in [3.63, 3.8) is 0 Å². The number of benzene rings is 1. The van der Waals surface area contributed by atoms with Gasteiger partial charge in [-0.1, -0.05) is 30.7 Å². The molecule has 1 heterocycles. The van der Waals surface area contributed by atoms with E-state index in [2.05, 4.69) is 29.5 Å². The third-order valence-corrected chi connectivity index (χ3v) is 2.86. The standard InChI is InChI=1S/C14H18ClN3O/c1-2-16-9-12-4-3-5-14(8-12)19-7-6-18-11-13(15)10-17-18/h3-5,8,10-11,16H,2,6-7,9H2,1H3. The van der Waals surface area contributed by atoms with Gasteiger partial charge in [-0.15, -0.1) is 0 Å². The predicted octanol–water partition coefficient (Wildman–Crippen LogP) is 2.73. The summed E-state index contributed by atoms with van der Waals surface area (Å²) >= 11 is 5.79. The number of aromatic nitrogens is 2. The van der Waals surface area contributed by atoms with Gasteiger partial charge in [0.25, 0.3) is 0 Å². The highest BCUT2D eigenvalue weighted by molar-refractivity contribution is 6.30. The molecule has 19 heavy (non-hydrogen) atoms. The normalized spacial score (nSPS) is 10.6. The summed E-state index contributed by atoms with van der Waals surface area (Å²) in [6.45, 7) is 5.18. The number of ether oxygens (including phenoxy) is 1. The molecule has 0 spiro atoms. The first-order valence-electron chi connectivity index (χ1n) is 6.38. The summed E-state index contributed by atoms with van der Waals surface area (Å²) in [5.41, 5.74) is 1.22. The van der Waals surface area contributed by atoms with Gasteiger partial charge < -0.3 is 10.1 Å². The van der Waals surface area contributed by atoms with Crippen LogP contribution >= 0.6 is 11.6 Å². The van der Waals surface area contributed by atoms with Gasteiger partial charge >= 0.3 is 0 Å². The average Bonchev–Trinajstić information content (AvgIpc) is 2.83. The maximum atomic E-state index is 5.79. The SMILES string of the molecule is CCNCc1cccc(OCCn2cc(Cl)cn2)c1. The molecule has 102 valence electrons. The molecule has 0 saturated carbocycles. The van der Waals surface area contributed by atoms with Gasteiger partial charge in [0.2, 0.25) is 0 Å². The Labute approximate surface area is 118 Å². The van der Waals surface area contributed by atoms with E-state index < -0.39 is 0 Å². The molecular weight excluding hydrogens is 262 g/mol. The summed E-state index contributed by atoms with van der Waals surface area (Å²) in [5, 5.41) is 8.04. The van der Waals surface area contributed by atoms with E-state index in [1.807, 2.05) is 12.1 Å². The zero-order valence-corrected chi connectivity index (χ0v) is 11.7. The number of nitrogens with one attached hydrogen (secondary N) is 1. The van der Waals surface area contributed by atoms with Gasteiger partial charge in [0.15, 0.2) is 0 Å². The molecule has 0 fully saturated rings. The Morgan fingerprint density at radius 2 is 2.32 bits per heavy atom. The van der Waals surface area contributed by atoms with Crippen LogP contribution in [0.25, 0.3) is 0 Å². The third-order valence-electron chi connectivity index (χ3n) is 2.67. The molecule has 2 aromatic rings. The molecule has 0 aliphatic rings. The number of hydrogen-bond donors (Lipinski definition) is 1. The summed E-state index contributed by atoms with van der Waals surface area (Å²) in [5.74, 6) is 0.883. The predicted molar refractivity (Wildman–Crippen MR) is 76.6 cm³/mol. The van der Waals surface area contributed by atoms with E-state index in [0.29, 0.717) is 18.2 Å². The Morgan fingerprint density at radius 1 is 1.42 bits per heavy atom. The molecule has 5 heteroatoms. The Hall–Kier alpha value is -1.52. The van der Waals surface area contributed by atoms with Crippen molar-refractivity contribution in [3.05, 3.63) is 47.2 Å². The second-order valence-electron chi connectivity index (χ2n) is 4.20. The zero-order valence-electron chi connectivity index (χ0n) is 11.0. The van der Waals surface area contributed by atoms with Crippen LogP contribution in [-0.4, -0.2) is 22.9 Å². The van der Waals surface area contributed by atoms with Crippen LogP contribution in [0.1, 0.15) is 12.5 Å². The fourth-order valence-electron chi connectivity index (χ4n) is 1.73. The first-order valence-corrected chi connectivity index (χ1v) is 6.76. The highest BCUT2D eigenvalue weighted by atomic mass is 35.5. The number of nitrogens with zero attached hydrogens (tertiary/aromatic N) is 2. The lowest BCUT2D eigenvalue weighted by molar-refractivity contribution is 0.291. The molecule has 4 nitrogen and oxygen atoms in total. The molecule has 0 aliphatic heterocycles. The summed E-state index contributed by atoms with van der Waals surface area (Å²) in [6, 6.07) is 8.11. The number of rotatable bonds is 7. The minimum absolute atomic E-state index is 0.572. The minimum atomic E-state index is 0.572. The Bertz CT molecular complexity index is 513. The molecule has 0 amide bonds. The van der Waals surface area contributed by atoms with E-state index >= 15 is 0 Å². The lowest BCUT2D eigenvalue weighted by Gasteiger charge is -2.08. The van der Waals surface area contributed by atoms with Crippen LogP contribution in [0.5, 0.6) is 5.75 Å². The molecule has 0 atom stereocenters. The lowest BCUT2D eigenvalue weighted by Crippen LogP contribution is -2.12. The highest BCUT2D eigenvalue weighted by Crippen LogP contribution is 2.13. The van der Waals surface area contributed by atoms with E-state index in [1.54, 1.807) is 17.1 Å². The van der Waals surface area contributed by atoms with Gasteiger partial charge in [-0.2, -0.15) is 5.10 Å². The van der Waals surface area contributed by atoms with Crippen molar-refractivity contribution in [2.75, 3.05) is 13.2 Å². The van der Waals surface area contributed by atoms with Crippen LogP contribution in [0, 0.1) is 0 Å². The Kier molecular flexibility index (Phi) is 5.24. The van der Waals surface area contributed by atoms with Gasteiger partial charge in [-0.3, -0.25) is 4.68 Å². The monoisotopic (exact) mass is 279 g/mol. The van der Waals surface area contributed by atoms with Crippen molar-refractivity contribution >= 4 is 11.6 Å². The fraction of sp³-hybridized carbons (Fsp3) is 0.357. The van der Waals surface area contributed by atoms with Crippen molar-refractivity contribution in [1.29, 1.82) is 0 Å². The molecule has 0 unspecified atom stereocenters. The zero-order chi connectivity index (χ0) is 13.5. The van der Waals surface area contributed by atoms with Crippen LogP contribution in [0.15, 0.2) is 36.7 Å². The molecule has 2 rings (SSSR count). The molecule has 0 saturated heterocycles. The van der Waals surface area contributed by atoms with Gasteiger partial charge in [-0.25, -0.2) is 0 Å². The maximum absolute atomic E-state index is 5.79. The van der Waals surface area contributed by atoms with Crippen LogP contribution in [0.4, 0.5) is 0 Å².